The minimum Gasteiger partial charge on any atom is -0.454 e. The summed E-state index contributed by atoms with van der Waals surface area (Å²) in [6.45, 7) is 8.33. The third-order valence-electron chi connectivity index (χ3n) is 3.43. The fourth-order valence-electron chi connectivity index (χ4n) is 2.41. The molecule has 1 aromatic carbocycles. The molecule has 4 heteroatoms. The summed E-state index contributed by atoms with van der Waals surface area (Å²) in [5.74, 6) is 1.65. The van der Waals surface area contributed by atoms with E-state index >= 15 is 0 Å². The van der Waals surface area contributed by atoms with Gasteiger partial charge in [-0.1, -0.05) is 13.8 Å². The van der Waals surface area contributed by atoms with Crippen molar-refractivity contribution in [2.75, 3.05) is 19.9 Å². The van der Waals surface area contributed by atoms with E-state index in [-0.39, 0.29) is 5.41 Å². The van der Waals surface area contributed by atoms with Crippen molar-refractivity contribution in [2.24, 2.45) is 0 Å². The van der Waals surface area contributed by atoms with Gasteiger partial charge in [0, 0.05) is 24.9 Å². The van der Waals surface area contributed by atoms with Gasteiger partial charge in [0.25, 0.3) is 0 Å². The summed E-state index contributed by atoms with van der Waals surface area (Å²) in [5, 5.41) is 11.9. The molecule has 1 heterocycles. The Balaban J connectivity index is 2.13. The number of benzene rings is 1. The number of ether oxygens (including phenoxy) is 2. The maximum Gasteiger partial charge on any atom is 0.231 e. The van der Waals surface area contributed by atoms with Crippen LogP contribution in [0.5, 0.6) is 11.5 Å². The number of nitrogens with one attached hydrogen (secondary N) is 1. The minimum atomic E-state index is -0.0134. The lowest BCUT2D eigenvalue weighted by atomic mass is 9.81. The standard InChI is InChI=1S/C15H20N2O2/c1-11-7-13-14(19-10-18-13)8-12(11)15(2,3)9-17-6-4-5-16/h7-8,17H,4,6,9-10H2,1-3H3. The van der Waals surface area contributed by atoms with E-state index in [9.17, 15) is 0 Å². The van der Waals surface area contributed by atoms with E-state index in [2.05, 4.69) is 38.2 Å². The van der Waals surface area contributed by atoms with E-state index in [1.54, 1.807) is 0 Å². The molecule has 0 saturated heterocycles. The quantitative estimate of drug-likeness (QED) is 0.826. The van der Waals surface area contributed by atoms with Crippen LogP contribution in [0, 0.1) is 18.3 Å². The monoisotopic (exact) mass is 260 g/mol. The average Bonchev–Trinajstić information content (AvgIpc) is 2.80. The van der Waals surface area contributed by atoms with Crippen molar-refractivity contribution in [3.05, 3.63) is 23.3 Å². The summed E-state index contributed by atoms with van der Waals surface area (Å²) in [5.41, 5.74) is 2.44. The highest BCUT2D eigenvalue weighted by Crippen LogP contribution is 2.38. The molecule has 0 amide bonds. The predicted octanol–water partition coefficient (Wildman–Crippen LogP) is 2.50. The molecule has 1 N–H and O–H groups in total. The first kappa shape index (κ1) is 13.7. The van der Waals surface area contributed by atoms with E-state index in [0.717, 1.165) is 24.6 Å². The summed E-state index contributed by atoms with van der Waals surface area (Å²) in [4.78, 5) is 0. The molecule has 0 atom stereocenters. The number of hydrogen-bond acceptors (Lipinski definition) is 4. The van der Waals surface area contributed by atoms with Crippen molar-refractivity contribution in [1.82, 2.24) is 5.32 Å². The Labute approximate surface area is 114 Å². The zero-order valence-corrected chi connectivity index (χ0v) is 11.7. The Morgan fingerprint density at radius 2 is 2.00 bits per heavy atom. The molecule has 19 heavy (non-hydrogen) atoms. The summed E-state index contributed by atoms with van der Waals surface area (Å²) >= 11 is 0. The fraction of sp³-hybridized carbons (Fsp3) is 0.533. The SMILES string of the molecule is Cc1cc2c(cc1C(C)(C)CNCCC#N)OCO2. The molecule has 1 aromatic rings. The number of rotatable bonds is 5. The van der Waals surface area contributed by atoms with Gasteiger partial charge in [-0.2, -0.15) is 5.26 Å². The van der Waals surface area contributed by atoms with E-state index in [0.29, 0.717) is 13.2 Å². The van der Waals surface area contributed by atoms with Crippen molar-refractivity contribution in [3.63, 3.8) is 0 Å². The van der Waals surface area contributed by atoms with E-state index in [4.69, 9.17) is 14.7 Å². The summed E-state index contributed by atoms with van der Waals surface area (Å²) in [6, 6.07) is 6.25. The molecule has 0 aliphatic carbocycles. The zero-order valence-electron chi connectivity index (χ0n) is 11.7. The number of hydrogen-bond donors (Lipinski definition) is 1. The van der Waals surface area contributed by atoms with Crippen LogP contribution in [-0.2, 0) is 5.41 Å². The highest BCUT2D eigenvalue weighted by atomic mass is 16.7. The maximum atomic E-state index is 8.54. The van der Waals surface area contributed by atoms with Crippen LogP contribution in [0.15, 0.2) is 12.1 Å². The number of fused-ring (bicyclic) bond motifs is 1. The maximum absolute atomic E-state index is 8.54. The van der Waals surface area contributed by atoms with Crippen LogP contribution in [0.25, 0.3) is 0 Å². The predicted molar refractivity (Wildman–Crippen MR) is 73.4 cm³/mol. The topological polar surface area (TPSA) is 54.3 Å². The highest BCUT2D eigenvalue weighted by molar-refractivity contribution is 5.50. The first-order chi connectivity index (χ1) is 9.04. The average molecular weight is 260 g/mol. The van der Waals surface area contributed by atoms with Gasteiger partial charge in [0.15, 0.2) is 11.5 Å². The molecule has 1 aliphatic rings. The van der Waals surface area contributed by atoms with Crippen molar-refractivity contribution in [2.45, 2.75) is 32.6 Å². The number of aryl methyl sites for hydroxylation is 1. The van der Waals surface area contributed by atoms with Crippen LogP contribution >= 0.6 is 0 Å². The van der Waals surface area contributed by atoms with Crippen LogP contribution in [-0.4, -0.2) is 19.9 Å². The number of nitrogens with zero attached hydrogens (tertiary/aromatic N) is 1. The van der Waals surface area contributed by atoms with Crippen molar-refractivity contribution in [1.29, 1.82) is 5.26 Å². The van der Waals surface area contributed by atoms with Gasteiger partial charge in [0.1, 0.15) is 0 Å². The fourth-order valence-corrected chi connectivity index (χ4v) is 2.41. The second-order valence-electron chi connectivity index (χ2n) is 5.49. The molecule has 2 rings (SSSR count). The number of nitriles is 1. The molecule has 0 unspecified atom stereocenters. The van der Waals surface area contributed by atoms with Crippen molar-refractivity contribution in [3.8, 4) is 17.6 Å². The zero-order chi connectivity index (χ0) is 13.9. The lowest BCUT2D eigenvalue weighted by Gasteiger charge is -2.27. The lowest BCUT2D eigenvalue weighted by molar-refractivity contribution is 0.174. The summed E-state index contributed by atoms with van der Waals surface area (Å²) in [7, 11) is 0. The third kappa shape index (κ3) is 2.99. The van der Waals surface area contributed by atoms with Gasteiger partial charge in [-0.05, 0) is 30.2 Å². The molecular formula is C15H20N2O2. The lowest BCUT2D eigenvalue weighted by Crippen LogP contribution is -2.34. The summed E-state index contributed by atoms with van der Waals surface area (Å²) in [6.07, 6.45) is 0.538. The highest BCUT2D eigenvalue weighted by Gasteiger charge is 2.25. The largest absolute Gasteiger partial charge is 0.454 e. The van der Waals surface area contributed by atoms with Crippen molar-refractivity contribution >= 4 is 0 Å². The molecular weight excluding hydrogens is 240 g/mol. The van der Waals surface area contributed by atoms with Crippen LogP contribution < -0.4 is 14.8 Å². The van der Waals surface area contributed by atoms with Gasteiger partial charge in [0.05, 0.1) is 6.07 Å². The Hall–Kier alpha value is -1.73. The molecule has 0 spiro atoms. The Morgan fingerprint density at radius 3 is 2.68 bits per heavy atom. The molecule has 0 bridgehead atoms. The molecule has 0 saturated carbocycles. The Bertz CT molecular complexity index is 504. The second-order valence-corrected chi connectivity index (χ2v) is 5.49. The molecule has 102 valence electrons. The molecule has 0 fully saturated rings. The first-order valence-electron chi connectivity index (χ1n) is 6.53. The van der Waals surface area contributed by atoms with Crippen LogP contribution in [0.3, 0.4) is 0 Å². The van der Waals surface area contributed by atoms with Gasteiger partial charge in [-0.3, -0.25) is 0 Å². The Kier molecular flexibility index (Phi) is 3.96. The first-order valence-corrected chi connectivity index (χ1v) is 6.53. The Morgan fingerprint density at radius 1 is 1.32 bits per heavy atom. The van der Waals surface area contributed by atoms with Gasteiger partial charge in [-0.25, -0.2) is 0 Å². The van der Waals surface area contributed by atoms with Crippen LogP contribution in [0.2, 0.25) is 0 Å². The van der Waals surface area contributed by atoms with Gasteiger partial charge in [-0.15, -0.1) is 0 Å². The smallest absolute Gasteiger partial charge is 0.231 e. The van der Waals surface area contributed by atoms with E-state index in [1.165, 1.54) is 11.1 Å². The molecule has 1 aliphatic heterocycles. The molecule has 0 radical (unpaired) electrons. The third-order valence-corrected chi connectivity index (χ3v) is 3.43. The minimum absolute atomic E-state index is 0.0134. The molecule has 4 nitrogen and oxygen atoms in total. The van der Waals surface area contributed by atoms with Crippen molar-refractivity contribution < 1.29 is 9.47 Å². The second kappa shape index (κ2) is 5.50. The molecule has 0 aromatic heterocycles. The van der Waals surface area contributed by atoms with Gasteiger partial charge >= 0.3 is 0 Å². The van der Waals surface area contributed by atoms with Crippen LogP contribution in [0.4, 0.5) is 0 Å². The van der Waals surface area contributed by atoms with E-state index < -0.39 is 0 Å². The van der Waals surface area contributed by atoms with Gasteiger partial charge in [0.2, 0.25) is 6.79 Å². The summed E-state index contributed by atoms with van der Waals surface area (Å²) < 4.78 is 10.8. The van der Waals surface area contributed by atoms with Crippen LogP contribution in [0.1, 0.15) is 31.4 Å². The van der Waals surface area contributed by atoms with Gasteiger partial charge < -0.3 is 14.8 Å². The van der Waals surface area contributed by atoms with E-state index in [1.807, 2.05) is 6.07 Å². The normalized spacial score (nSPS) is 13.4.